The molecular formula is C52H34F3N. The topological polar surface area (TPSA) is 3.24 Å². The van der Waals surface area contributed by atoms with E-state index in [4.69, 9.17) is 0 Å². The molecule has 0 atom stereocenters. The fourth-order valence-corrected chi connectivity index (χ4v) is 10.1. The monoisotopic (exact) mass is 729 g/mol. The normalized spacial score (nSPS) is 14.4. The standard InChI is InChI=1S/C52H34F3N/c1-51(2)44-13-7-6-11-38(44)39-26-22-37(30-45(39)51)56(36-20-15-32(16-21-36)31-9-4-3-5-10-31)49-14-8-12-43-42-25-19-35(55)29-48(42)52(50(43)49)46-27-33(53)17-23-40(46)41-24-18-34(54)28-47(41)52/h3-30H,1-2H3. The smallest absolute Gasteiger partial charge is 0.123 e. The van der Waals surface area contributed by atoms with Crippen LogP contribution in [-0.2, 0) is 10.8 Å². The lowest BCUT2D eigenvalue weighted by Crippen LogP contribution is -2.29. The number of hydrogen-bond donors (Lipinski definition) is 0. The van der Waals surface area contributed by atoms with Crippen molar-refractivity contribution in [1.29, 1.82) is 0 Å². The summed E-state index contributed by atoms with van der Waals surface area (Å²) in [5, 5.41) is 0. The van der Waals surface area contributed by atoms with Gasteiger partial charge in [0, 0.05) is 22.4 Å². The molecule has 0 unspecified atom stereocenters. The summed E-state index contributed by atoms with van der Waals surface area (Å²) in [4.78, 5) is 2.27. The van der Waals surface area contributed by atoms with E-state index in [-0.39, 0.29) is 5.41 Å². The van der Waals surface area contributed by atoms with Crippen molar-refractivity contribution in [3.05, 3.63) is 221 Å². The molecule has 0 fully saturated rings. The van der Waals surface area contributed by atoms with Gasteiger partial charge in [0.05, 0.1) is 11.1 Å². The summed E-state index contributed by atoms with van der Waals surface area (Å²) in [6, 6.07) is 54.7. The molecule has 1 spiro atoms. The molecule has 0 amide bonds. The lowest BCUT2D eigenvalue weighted by molar-refractivity contribution is 0.613. The third-order valence-electron chi connectivity index (χ3n) is 12.5. The lowest BCUT2D eigenvalue weighted by atomic mass is 9.69. The molecule has 0 N–H and O–H groups in total. The Morgan fingerprint density at radius 3 is 1.50 bits per heavy atom. The summed E-state index contributed by atoms with van der Waals surface area (Å²) in [6.45, 7) is 4.55. The molecule has 56 heavy (non-hydrogen) atoms. The maximum Gasteiger partial charge on any atom is 0.123 e. The second kappa shape index (κ2) is 11.7. The maximum absolute atomic E-state index is 15.7. The molecule has 0 saturated carbocycles. The van der Waals surface area contributed by atoms with Crippen LogP contribution in [0.4, 0.5) is 30.2 Å². The first-order chi connectivity index (χ1) is 27.2. The van der Waals surface area contributed by atoms with Crippen LogP contribution in [0.15, 0.2) is 170 Å². The molecule has 8 aromatic rings. The maximum atomic E-state index is 15.7. The van der Waals surface area contributed by atoms with Gasteiger partial charge < -0.3 is 4.90 Å². The molecule has 0 radical (unpaired) electrons. The molecule has 4 heteroatoms. The SMILES string of the molecule is CC1(C)c2ccccc2-c2ccc(N(c3ccc(-c4ccccc4)cc3)c3cccc4c3C3(c5cc(F)ccc5-c5ccc(F)cc53)c3cc(F)ccc3-4)cc21. The van der Waals surface area contributed by atoms with Crippen LogP contribution in [0.5, 0.6) is 0 Å². The largest absolute Gasteiger partial charge is 0.310 e. The van der Waals surface area contributed by atoms with Crippen molar-refractivity contribution in [1.82, 2.24) is 0 Å². The van der Waals surface area contributed by atoms with Crippen LogP contribution in [0.3, 0.4) is 0 Å². The fraction of sp³-hybridized carbons (Fsp3) is 0.0769. The van der Waals surface area contributed by atoms with E-state index < -0.39 is 22.9 Å². The number of anilines is 3. The van der Waals surface area contributed by atoms with Crippen LogP contribution >= 0.6 is 0 Å². The molecule has 0 bridgehead atoms. The summed E-state index contributed by atoms with van der Waals surface area (Å²) in [7, 11) is 0. The first-order valence-electron chi connectivity index (χ1n) is 19.0. The van der Waals surface area contributed by atoms with E-state index in [1.54, 1.807) is 30.3 Å². The van der Waals surface area contributed by atoms with E-state index >= 15 is 13.2 Å². The van der Waals surface area contributed by atoms with Gasteiger partial charge >= 0.3 is 0 Å². The van der Waals surface area contributed by atoms with Crippen LogP contribution in [0.2, 0.25) is 0 Å². The summed E-state index contributed by atoms with van der Waals surface area (Å²) >= 11 is 0. The molecule has 3 aliphatic carbocycles. The van der Waals surface area contributed by atoms with Crippen LogP contribution in [-0.4, -0.2) is 0 Å². The van der Waals surface area contributed by atoms with E-state index in [2.05, 4.69) is 110 Å². The minimum Gasteiger partial charge on any atom is -0.310 e. The fourth-order valence-electron chi connectivity index (χ4n) is 10.1. The summed E-state index contributed by atoms with van der Waals surface area (Å²) < 4.78 is 47.0. The molecule has 11 rings (SSSR count). The Morgan fingerprint density at radius 2 is 0.857 bits per heavy atom. The average molecular weight is 730 g/mol. The first kappa shape index (κ1) is 32.8. The molecule has 1 nitrogen and oxygen atoms in total. The third kappa shape index (κ3) is 4.38. The van der Waals surface area contributed by atoms with E-state index in [1.807, 2.05) is 30.3 Å². The van der Waals surface area contributed by atoms with Crippen molar-refractivity contribution in [3.8, 4) is 44.5 Å². The van der Waals surface area contributed by atoms with Gasteiger partial charge in [-0.2, -0.15) is 0 Å². The average Bonchev–Trinajstić information content (AvgIpc) is 3.76. The van der Waals surface area contributed by atoms with E-state index in [0.717, 1.165) is 56.0 Å². The van der Waals surface area contributed by atoms with Crippen molar-refractivity contribution < 1.29 is 13.2 Å². The highest BCUT2D eigenvalue weighted by Gasteiger charge is 2.54. The number of halogens is 3. The van der Waals surface area contributed by atoms with Crippen molar-refractivity contribution >= 4 is 17.1 Å². The molecule has 3 aliphatic rings. The molecule has 0 heterocycles. The Hall–Kier alpha value is -6.65. The number of rotatable bonds is 4. The van der Waals surface area contributed by atoms with Crippen LogP contribution in [0, 0.1) is 17.5 Å². The van der Waals surface area contributed by atoms with E-state index in [9.17, 15) is 0 Å². The Kier molecular flexibility index (Phi) is 6.83. The highest BCUT2D eigenvalue weighted by molar-refractivity contribution is 6.00. The predicted molar refractivity (Wildman–Crippen MR) is 220 cm³/mol. The van der Waals surface area contributed by atoms with Gasteiger partial charge in [-0.05, 0) is 139 Å². The number of nitrogens with zero attached hydrogens (tertiary/aromatic N) is 1. The summed E-state index contributed by atoms with van der Waals surface area (Å²) in [6.07, 6.45) is 0. The molecular weight excluding hydrogens is 696 g/mol. The van der Waals surface area contributed by atoms with Crippen LogP contribution < -0.4 is 4.90 Å². The highest BCUT2D eigenvalue weighted by atomic mass is 19.1. The van der Waals surface area contributed by atoms with E-state index in [0.29, 0.717) is 16.7 Å². The summed E-state index contributed by atoms with van der Waals surface area (Å²) in [5.74, 6) is -1.22. The molecule has 8 aromatic carbocycles. The summed E-state index contributed by atoms with van der Waals surface area (Å²) in [5.41, 5.74) is 14.6. The first-order valence-corrected chi connectivity index (χ1v) is 19.0. The second-order valence-corrected chi connectivity index (χ2v) is 15.7. The van der Waals surface area contributed by atoms with Gasteiger partial charge in [0.2, 0.25) is 0 Å². The molecule has 0 aliphatic heterocycles. The van der Waals surface area contributed by atoms with Crippen LogP contribution in [0.25, 0.3) is 44.5 Å². The zero-order valence-corrected chi connectivity index (χ0v) is 30.7. The van der Waals surface area contributed by atoms with Crippen molar-refractivity contribution in [2.75, 3.05) is 4.90 Å². The van der Waals surface area contributed by atoms with E-state index in [1.165, 1.54) is 40.5 Å². The van der Waals surface area contributed by atoms with Gasteiger partial charge in [-0.15, -0.1) is 0 Å². The predicted octanol–water partition coefficient (Wildman–Crippen LogP) is 13.9. The third-order valence-corrected chi connectivity index (χ3v) is 12.5. The van der Waals surface area contributed by atoms with Crippen molar-refractivity contribution in [2.45, 2.75) is 24.7 Å². The minimum atomic E-state index is -1.22. The van der Waals surface area contributed by atoms with Gasteiger partial charge in [0.1, 0.15) is 17.5 Å². The van der Waals surface area contributed by atoms with Crippen molar-refractivity contribution in [2.24, 2.45) is 0 Å². The molecule has 0 saturated heterocycles. The van der Waals surface area contributed by atoms with Gasteiger partial charge in [-0.3, -0.25) is 0 Å². The Labute approximate surface area is 324 Å². The zero-order valence-electron chi connectivity index (χ0n) is 30.7. The Bertz CT molecular complexity index is 2850. The Morgan fingerprint density at radius 1 is 0.375 bits per heavy atom. The second-order valence-electron chi connectivity index (χ2n) is 15.7. The highest BCUT2D eigenvalue weighted by Crippen LogP contribution is 2.66. The quantitative estimate of drug-likeness (QED) is 0.174. The Balaban J connectivity index is 1.23. The van der Waals surface area contributed by atoms with Gasteiger partial charge in [0.25, 0.3) is 0 Å². The van der Waals surface area contributed by atoms with Gasteiger partial charge in [-0.25, -0.2) is 13.2 Å². The van der Waals surface area contributed by atoms with Gasteiger partial charge in [0.15, 0.2) is 0 Å². The lowest BCUT2D eigenvalue weighted by Gasteiger charge is -2.36. The van der Waals surface area contributed by atoms with Crippen LogP contribution in [0.1, 0.15) is 47.2 Å². The molecule has 268 valence electrons. The zero-order chi connectivity index (χ0) is 37.9. The van der Waals surface area contributed by atoms with Crippen molar-refractivity contribution in [3.63, 3.8) is 0 Å². The van der Waals surface area contributed by atoms with Gasteiger partial charge in [-0.1, -0.05) is 117 Å². The number of hydrogen-bond acceptors (Lipinski definition) is 1. The number of benzene rings is 8. The number of fused-ring (bicyclic) bond motifs is 13. The minimum absolute atomic E-state index is 0.253. The molecule has 0 aromatic heterocycles.